The molecule has 0 aliphatic carbocycles. The SMILES string of the molecule is CCCOc1cc(C)nc(NCC(=O)OC)n1. The van der Waals surface area contributed by atoms with Gasteiger partial charge in [-0.25, -0.2) is 4.98 Å². The van der Waals surface area contributed by atoms with Gasteiger partial charge in [0.25, 0.3) is 0 Å². The Hall–Kier alpha value is -1.85. The second kappa shape index (κ2) is 6.67. The summed E-state index contributed by atoms with van der Waals surface area (Å²) in [5.41, 5.74) is 0.776. The quantitative estimate of drug-likeness (QED) is 0.751. The van der Waals surface area contributed by atoms with Crippen LogP contribution in [0.5, 0.6) is 5.88 Å². The first kappa shape index (κ1) is 13.2. The number of methoxy groups -OCH3 is 1. The highest BCUT2D eigenvalue weighted by atomic mass is 16.5. The number of esters is 1. The number of anilines is 1. The highest BCUT2D eigenvalue weighted by Gasteiger charge is 2.05. The van der Waals surface area contributed by atoms with Gasteiger partial charge in [-0.1, -0.05) is 6.92 Å². The van der Waals surface area contributed by atoms with E-state index in [1.807, 2.05) is 13.8 Å². The third-order valence-corrected chi connectivity index (χ3v) is 1.90. The number of rotatable bonds is 6. The number of nitrogens with zero attached hydrogens (tertiary/aromatic N) is 2. The molecular formula is C11H17N3O3. The fraction of sp³-hybridized carbons (Fsp3) is 0.545. The van der Waals surface area contributed by atoms with E-state index in [1.165, 1.54) is 7.11 Å². The summed E-state index contributed by atoms with van der Waals surface area (Å²) in [4.78, 5) is 19.2. The third-order valence-electron chi connectivity index (χ3n) is 1.90. The number of aromatic nitrogens is 2. The van der Waals surface area contributed by atoms with Crippen molar-refractivity contribution in [1.29, 1.82) is 0 Å². The molecule has 0 fully saturated rings. The molecule has 0 unspecified atom stereocenters. The smallest absolute Gasteiger partial charge is 0.325 e. The summed E-state index contributed by atoms with van der Waals surface area (Å²) in [5.74, 6) is 0.499. The average Bonchev–Trinajstić information content (AvgIpc) is 2.32. The number of carbonyl (C=O) groups is 1. The van der Waals surface area contributed by atoms with Gasteiger partial charge in [0, 0.05) is 11.8 Å². The van der Waals surface area contributed by atoms with Crippen LogP contribution >= 0.6 is 0 Å². The van der Waals surface area contributed by atoms with E-state index in [2.05, 4.69) is 20.0 Å². The summed E-state index contributed by atoms with van der Waals surface area (Å²) in [6.07, 6.45) is 0.911. The van der Waals surface area contributed by atoms with Crippen LogP contribution in [0, 0.1) is 6.92 Å². The van der Waals surface area contributed by atoms with Gasteiger partial charge in [0.1, 0.15) is 6.54 Å². The summed E-state index contributed by atoms with van der Waals surface area (Å²) >= 11 is 0. The van der Waals surface area contributed by atoms with Gasteiger partial charge in [-0.05, 0) is 13.3 Å². The summed E-state index contributed by atoms with van der Waals surface area (Å²) in [5, 5.41) is 2.78. The van der Waals surface area contributed by atoms with Crippen LogP contribution in [0.2, 0.25) is 0 Å². The number of carbonyl (C=O) groups excluding carboxylic acids is 1. The molecule has 0 radical (unpaired) electrons. The Labute approximate surface area is 100 Å². The van der Waals surface area contributed by atoms with Crippen molar-refractivity contribution >= 4 is 11.9 Å². The Morgan fingerprint density at radius 2 is 2.24 bits per heavy atom. The van der Waals surface area contributed by atoms with Crippen molar-refractivity contribution in [2.24, 2.45) is 0 Å². The van der Waals surface area contributed by atoms with E-state index in [0.717, 1.165) is 12.1 Å². The van der Waals surface area contributed by atoms with E-state index in [0.29, 0.717) is 18.4 Å². The van der Waals surface area contributed by atoms with Crippen LogP contribution in [0.1, 0.15) is 19.0 Å². The van der Waals surface area contributed by atoms with Gasteiger partial charge in [-0.15, -0.1) is 0 Å². The molecular weight excluding hydrogens is 222 g/mol. The normalized spacial score (nSPS) is 9.82. The lowest BCUT2D eigenvalue weighted by atomic mass is 10.4. The van der Waals surface area contributed by atoms with E-state index < -0.39 is 0 Å². The van der Waals surface area contributed by atoms with Gasteiger partial charge in [-0.3, -0.25) is 4.79 Å². The minimum absolute atomic E-state index is 0.0349. The Morgan fingerprint density at radius 1 is 1.47 bits per heavy atom. The van der Waals surface area contributed by atoms with Crippen molar-refractivity contribution < 1.29 is 14.3 Å². The fourth-order valence-corrected chi connectivity index (χ4v) is 1.12. The van der Waals surface area contributed by atoms with Gasteiger partial charge in [0.15, 0.2) is 0 Å². The first-order valence-corrected chi connectivity index (χ1v) is 5.45. The maximum absolute atomic E-state index is 11.0. The Balaban J connectivity index is 2.65. The largest absolute Gasteiger partial charge is 0.478 e. The van der Waals surface area contributed by atoms with Crippen LogP contribution in [0.4, 0.5) is 5.95 Å². The molecule has 94 valence electrons. The van der Waals surface area contributed by atoms with Gasteiger partial charge in [-0.2, -0.15) is 4.98 Å². The van der Waals surface area contributed by atoms with Crippen LogP contribution in [0.25, 0.3) is 0 Å². The lowest BCUT2D eigenvalue weighted by Gasteiger charge is -2.08. The summed E-state index contributed by atoms with van der Waals surface area (Å²) < 4.78 is 9.91. The lowest BCUT2D eigenvalue weighted by Crippen LogP contribution is -2.17. The van der Waals surface area contributed by atoms with Crippen molar-refractivity contribution in [2.75, 3.05) is 25.6 Å². The fourth-order valence-electron chi connectivity index (χ4n) is 1.12. The molecule has 0 saturated carbocycles. The average molecular weight is 239 g/mol. The number of hydrogen-bond donors (Lipinski definition) is 1. The Morgan fingerprint density at radius 3 is 2.88 bits per heavy atom. The second-order valence-electron chi connectivity index (χ2n) is 3.45. The van der Waals surface area contributed by atoms with Crippen LogP contribution in [-0.4, -0.2) is 36.2 Å². The second-order valence-corrected chi connectivity index (χ2v) is 3.45. The zero-order valence-corrected chi connectivity index (χ0v) is 10.3. The summed E-state index contributed by atoms with van der Waals surface area (Å²) in [6, 6.07) is 1.75. The number of ether oxygens (including phenoxy) is 2. The van der Waals surface area contributed by atoms with Gasteiger partial charge in [0.2, 0.25) is 11.8 Å². The first-order chi connectivity index (χ1) is 8.15. The molecule has 0 aliphatic heterocycles. The summed E-state index contributed by atoms with van der Waals surface area (Å²) in [6.45, 7) is 4.49. The maximum Gasteiger partial charge on any atom is 0.325 e. The summed E-state index contributed by atoms with van der Waals surface area (Å²) in [7, 11) is 1.33. The van der Waals surface area contributed by atoms with Crippen LogP contribution in [0.3, 0.4) is 0 Å². The molecule has 0 aliphatic rings. The molecule has 0 amide bonds. The molecule has 1 heterocycles. The van der Waals surface area contributed by atoms with Crippen molar-refractivity contribution in [3.63, 3.8) is 0 Å². The van der Waals surface area contributed by atoms with Crippen LogP contribution < -0.4 is 10.1 Å². The molecule has 17 heavy (non-hydrogen) atoms. The van der Waals surface area contributed by atoms with Crippen molar-refractivity contribution in [3.05, 3.63) is 11.8 Å². The molecule has 1 aromatic rings. The van der Waals surface area contributed by atoms with E-state index in [4.69, 9.17) is 4.74 Å². The minimum atomic E-state index is -0.369. The van der Waals surface area contributed by atoms with Gasteiger partial charge in [0.05, 0.1) is 13.7 Å². The first-order valence-electron chi connectivity index (χ1n) is 5.45. The molecule has 0 atom stereocenters. The Bertz CT molecular complexity index is 382. The zero-order chi connectivity index (χ0) is 12.7. The molecule has 0 aromatic carbocycles. The predicted molar refractivity (Wildman–Crippen MR) is 63.1 cm³/mol. The van der Waals surface area contributed by atoms with E-state index in [-0.39, 0.29) is 12.5 Å². The standard InChI is InChI=1S/C11H17N3O3/c1-4-5-17-9-6-8(2)13-11(14-9)12-7-10(15)16-3/h6H,4-5,7H2,1-3H3,(H,12,13,14). The lowest BCUT2D eigenvalue weighted by molar-refractivity contribution is -0.138. The molecule has 1 rings (SSSR count). The molecule has 6 heteroatoms. The minimum Gasteiger partial charge on any atom is -0.478 e. The zero-order valence-electron chi connectivity index (χ0n) is 10.3. The monoisotopic (exact) mass is 239 g/mol. The molecule has 1 aromatic heterocycles. The maximum atomic E-state index is 11.0. The van der Waals surface area contributed by atoms with Crippen molar-refractivity contribution in [2.45, 2.75) is 20.3 Å². The van der Waals surface area contributed by atoms with Gasteiger partial charge < -0.3 is 14.8 Å². The van der Waals surface area contributed by atoms with Crippen LogP contribution in [0.15, 0.2) is 6.07 Å². The predicted octanol–water partition coefficient (Wildman–Crippen LogP) is 1.16. The molecule has 0 saturated heterocycles. The third kappa shape index (κ3) is 4.67. The number of aryl methyl sites for hydroxylation is 1. The van der Waals surface area contributed by atoms with Crippen molar-refractivity contribution in [1.82, 2.24) is 9.97 Å². The van der Waals surface area contributed by atoms with E-state index in [1.54, 1.807) is 6.07 Å². The topological polar surface area (TPSA) is 73.3 Å². The van der Waals surface area contributed by atoms with Crippen LogP contribution in [-0.2, 0) is 9.53 Å². The van der Waals surface area contributed by atoms with E-state index >= 15 is 0 Å². The van der Waals surface area contributed by atoms with Gasteiger partial charge >= 0.3 is 5.97 Å². The molecule has 1 N–H and O–H groups in total. The molecule has 0 bridgehead atoms. The van der Waals surface area contributed by atoms with E-state index in [9.17, 15) is 4.79 Å². The Kier molecular flexibility index (Phi) is 5.19. The highest BCUT2D eigenvalue weighted by molar-refractivity contribution is 5.74. The number of hydrogen-bond acceptors (Lipinski definition) is 6. The number of nitrogens with one attached hydrogen (secondary N) is 1. The molecule has 6 nitrogen and oxygen atoms in total. The van der Waals surface area contributed by atoms with Crippen molar-refractivity contribution in [3.8, 4) is 5.88 Å². The highest BCUT2D eigenvalue weighted by Crippen LogP contribution is 2.11. The molecule has 0 spiro atoms.